The van der Waals surface area contributed by atoms with Crippen LogP contribution in [0.15, 0.2) is 174 Å². The van der Waals surface area contributed by atoms with Crippen LogP contribution in [-0.4, -0.2) is 209 Å². The van der Waals surface area contributed by atoms with Gasteiger partial charge in [-0.2, -0.15) is 0 Å². The predicted molar refractivity (Wildman–Crippen MR) is 515 cm³/mol. The molecule has 7 atom stereocenters. The Hall–Kier alpha value is -9.88. The van der Waals surface area contributed by atoms with Crippen molar-refractivity contribution in [3.05, 3.63) is 235 Å². The van der Waals surface area contributed by atoms with Crippen LogP contribution >= 0.6 is 12.4 Å². The van der Waals surface area contributed by atoms with Gasteiger partial charge in [-0.3, -0.25) is 73.0 Å². The number of nitrogens with two attached hydrogens (primary N) is 2. The first-order valence-corrected chi connectivity index (χ1v) is 41.9. The smallest absolute Gasteiger partial charge is 0.850 e. The van der Waals surface area contributed by atoms with Gasteiger partial charge in [0.25, 0.3) is 11.1 Å². The fraction of sp³-hybridized carbons (Fsp3) is 0.500. The summed E-state index contributed by atoms with van der Waals surface area (Å²) in [5.41, 5.74) is 16.7. The van der Waals surface area contributed by atoms with Crippen LogP contribution in [0.3, 0.4) is 0 Å². The molecule has 0 aliphatic carbocycles. The Bertz CT molecular complexity index is 4430. The molecule has 0 saturated carbocycles. The minimum absolute atomic E-state index is 0. The van der Waals surface area contributed by atoms with Gasteiger partial charge in [0.1, 0.15) is 42.2 Å². The van der Waals surface area contributed by atoms with Gasteiger partial charge in [-0.05, 0) is 138 Å². The quantitative estimate of drug-likeness (QED) is 0.00589. The van der Waals surface area contributed by atoms with E-state index < -0.39 is 29.1 Å². The Morgan fingerprint density at radius 1 is 0.591 bits per heavy atom. The minimum atomic E-state index is -0.750. The van der Waals surface area contributed by atoms with Crippen molar-refractivity contribution in [2.45, 2.75) is 252 Å². The minimum Gasteiger partial charge on any atom is -0.850 e. The average molecular weight is 1890 g/mol. The van der Waals surface area contributed by atoms with Crippen molar-refractivity contribution in [2.75, 3.05) is 67.3 Å². The fourth-order valence-corrected chi connectivity index (χ4v) is 11.9. The number of halogens is 1. The number of benzene rings is 5. The van der Waals surface area contributed by atoms with Crippen molar-refractivity contribution >= 4 is 79.0 Å². The van der Waals surface area contributed by atoms with Crippen molar-refractivity contribution in [2.24, 2.45) is 17.4 Å². The maximum absolute atomic E-state index is 12.2. The molecule has 1 saturated heterocycles. The van der Waals surface area contributed by atoms with E-state index in [2.05, 4.69) is 90.9 Å². The summed E-state index contributed by atoms with van der Waals surface area (Å²) in [5, 5.41) is 19.1. The van der Waals surface area contributed by atoms with Crippen LogP contribution in [0.25, 0.3) is 0 Å². The number of hydrogen-bond donors (Lipinski definition) is 6. The Morgan fingerprint density at radius 2 is 0.992 bits per heavy atom. The number of ether oxygens (including phenoxy) is 7. The number of hydrogen-bond acceptors (Lipinski definition) is 28. The SMILES string of the molecule is C.C.C.C.CC(C)(C)[O-].CC1c2nc[nH]c(=O)c2CCN1C(=O)OC(C)(C)C.CC1c2nc[nH]c(=O)c2CCN1Cc1ccccc1.CCOC(=O)C(C)N.CCOC(=O)C(C)N(CCCC(=O)OC)Cc1ccccc1.CCOC(=O)C(C)NCc1ccccc1.COC(=O)C1CCN(Cc2ccccc2)C(C)C1=O.COC(=O)CCC=O.Cl.N=CN.O=Cc1ccccc1.[K+]. The largest absolute Gasteiger partial charge is 1.00 e. The Labute approximate surface area is 832 Å². The van der Waals surface area contributed by atoms with Crippen LogP contribution in [0, 0.1) is 11.3 Å². The number of carbonyl (C=O) groups excluding carboxylic acids is 10. The molecule has 7 aromatic rings. The number of H-pyrrole nitrogens is 2. The van der Waals surface area contributed by atoms with E-state index in [0.717, 1.165) is 73.2 Å². The van der Waals surface area contributed by atoms with Gasteiger partial charge in [0.05, 0.1) is 96.1 Å². The molecule has 0 bridgehead atoms. The molecule has 34 heteroatoms. The summed E-state index contributed by atoms with van der Waals surface area (Å²) in [4.78, 5) is 156. The number of aromatic nitrogens is 4. The third-order valence-corrected chi connectivity index (χ3v) is 18.4. The van der Waals surface area contributed by atoms with Crippen molar-refractivity contribution in [1.29, 1.82) is 5.41 Å². The van der Waals surface area contributed by atoms with E-state index in [-0.39, 0.29) is 189 Å². The third kappa shape index (κ3) is 56.2. The summed E-state index contributed by atoms with van der Waals surface area (Å²) in [6.07, 6.45) is 8.04. The number of carbonyl (C=O) groups is 10. The summed E-state index contributed by atoms with van der Waals surface area (Å²) in [5.74, 6) is -2.38. The molecule has 1 amide bonds. The van der Waals surface area contributed by atoms with E-state index in [1.165, 1.54) is 45.1 Å². The molecule has 732 valence electrons. The number of nitrogens with one attached hydrogen (secondary N) is 4. The third-order valence-electron chi connectivity index (χ3n) is 18.4. The predicted octanol–water partition coefficient (Wildman–Crippen LogP) is 10.5. The molecule has 3 aliphatic rings. The number of piperidine rings is 1. The van der Waals surface area contributed by atoms with Crippen LogP contribution < -0.4 is 84.4 Å². The topological polar surface area (TPSA) is 451 Å². The van der Waals surface area contributed by atoms with Gasteiger partial charge in [-0.25, -0.2) is 14.8 Å². The zero-order chi connectivity index (χ0) is 94.7. The van der Waals surface area contributed by atoms with Gasteiger partial charge in [-0.1, -0.05) is 202 Å². The number of likely N-dealkylation sites (tertiary alicyclic amines) is 1. The summed E-state index contributed by atoms with van der Waals surface area (Å²) in [6, 6.07) is 48.0. The van der Waals surface area contributed by atoms with Gasteiger partial charge < -0.3 is 69.8 Å². The monoisotopic (exact) mass is 1890 g/mol. The summed E-state index contributed by atoms with van der Waals surface area (Å²) >= 11 is 0. The summed E-state index contributed by atoms with van der Waals surface area (Å²) in [7, 11) is 4.01. The number of esters is 6. The van der Waals surface area contributed by atoms with Gasteiger partial charge in [0, 0.05) is 75.3 Å². The van der Waals surface area contributed by atoms with Gasteiger partial charge in [0.15, 0.2) is 5.78 Å². The number of aldehydes is 2. The van der Waals surface area contributed by atoms with E-state index in [1.807, 2.05) is 169 Å². The zero-order valence-corrected chi connectivity index (χ0v) is 81.9. The first-order chi connectivity index (χ1) is 59.8. The van der Waals surface area contributed by atoms with Crippen LogP contribution in [0.2, 0.25) is 0 Å². The van der Waals surface area contributed by atoms with Gasteiger partial charge in [-0.15, -0.1) is 18.0 Å². The Balaban J connectivity index is -0.000000344. The second kappa shape index (κ2) is 75.5. The molecule has 3 aliphatic heterocycles. The van der Waals surface area contributed by atoms with Gasteiger partial charge >= 0.3 is 93.3 Å². The number of ketones is 1. The zero-order valence-electron chi connectivity index (χ0n) is 78.0. The van der Waals surface area contributed by atoms with Crippen molar-refractivity contribution < 1.29 is 138 Å². The number of methoxy groups -OCH3 is 3. The first-order valence-electron chi connectivity index (χ1n) is 41.9. The molecule has 7 unspecified atom stereocenters. The normalized spacial score (nSPS) is 14.7. The van der Waals surface area contributed by atoms with E-state index in [4.69, 9.17) is 25.4 Å². The van der Waals surface area contributed by atoms with Crippen molar-refractivity contribution in [3.8, 4) is 0 Å². The second-order valence-corrected chi connectivity index (χ2v) is 30.6. The van der Waals surface area contributed by atoms with Crippen LogP contribution in [0.1, 0.15) is 233 Å². The summed E-state index contributed by atoms with van der Waals surface area (Å²) < 4.78 is 33.5. The number of aromatic amines is 2. The first kappa shape index (κ1) is 133. The standard InChI is InChI=1S/C17H25NO4.C15H17N3O.C15H19NO3.C13H19N3O3.C12H17NO2.C7H6O.C5H11NO2.C5H8O3.C4H9O.CH4N2.4CH4.ClH.K/c1-4-22-17(20)14(2)18(12-8-11-16(19)21-3)13-15-9-6-5-7-10-15;1-11-14-13(15(19)17-10-16-14)7-8-18(11)9-12-5-3-2-4-6-12;1-11-14(17)13(15(18)19-2)8-9-16(11)10-12-6-4-3-5-7-12;1-8-10-9(11(17)15-7-14-10)5-6-16(8)12(18)19-13(2,3)4;1-3-15-12(14)10(2)13-9-11-7-5-4-6-8-11;8-6-7-4-2-1-3-5-7;1-3-8-5(7)4(2)6;1-8-5(7)3-2-4-6;1-4(2,3)5;2-1-3;;;;;;/h5-7,9-10,14H,4,8,11-13H2,1-3H3;2-6,10-11H,7-9H2,1H3,(H,16,17,19);3-7,11,13H,8-10H2,1-2H3;7-8H,5-6H2,1-4H3,(H,14,15,17);4-8,10,13H,3,9H2,1-2H3;1-6H;4H,3,6H2,1-2H3;4H,2-3H2,1H3;1-3H3;1H,(H3,2,3);4*1H4;1H;/q;;;;;;;;-1;;;;;;;+1. The van der Waals surface area contributed by atoms with E-state index in [9.17, 15) is 62.6 Å². The van der Waals surface area contributed by atoms with Crippen LogP contribution in [0.5, 0.6) is 0 Å². The van der Waals surface area contributed by atoms with E-state index in [1.54, 1.807) is 65.5 Å². The number of rotatable bonds is 25. The Morgan fingerprint density at radius 3 is 1.39 bits per heavy atom. The van der Waals surface area contributed by atoms with Crippen LogP contribution in [0.4, 0.5) is 4.79 Å². The molecule has 0 radical (unpaired) electrons. The molecule has 0 spiro atoms. The second-order valence-electron chi connectivity index (χ2n) is 30.6. The molecular formula is C98H152ClKN12O20. The summed E-state index contributed by atoms with van der Waals surface area (Å²) in [6.45, 7) is 33.7. The number of Topliss-reactive ketones (excluding diaryl/α,β-unsaturated/α-hetero) is 1. The molecule has 8 N–H and O–H groups in total. The van der Waals surface area contributed by atoms with Gasteiger partial charge in [0.2, 0.25) is 0 Å². The fourth-order valence-electron chi connectivity index (χ4n) is 11.9. The van der Waals surface area contributed by atoms with Crippen molar-refractivity contribution in [1.82, 2.24) is 44.9 Å². The van der Waals surface area contributed by atoms with Crippen molar-refractivity contribution in [3.63, 3.8) is 0 Å². The molecule has 1 fully saturated rings. The molecule has 10 rings (SSSR count). The van der Waals surface area contributed by atoms with Crippen LogP contribution in [-0.2, 0) is 111 Å². The molecule has 5 heterocycles. The number of fused-ring (bicyclic) bond motifs is 2. The molecule has 2 aromatic heterocycles. The number of nitrogens with zero attached hydrogens (tertiary/aromatic N) is 6. The average Bonchev–Trinajstić information content (AvgIpc) is 0.796. The molecule has 5 aromatic carbocycles. The van der Waals surface area contributed by atoms with E-state index >= 15 is 0 Å². The number of amides is 1. The molecule has 32 nitrogen and oxygen atoms in total. The molecule has 132 heavy (non-hydrogen) atoms. The maximum atomic E-state index is 12.2. The van der Waals surface area contributed by atoms with E-state index in [0.29, 0.717) is 89.2 Å². The Kier molecular flexibility index (Phi) is 76.0. The maximum Gasteiger partial charge on any atom is 1.00 e. The molecular weight excluding hydrogens is 1740 g/mol.